The Morgan fingerprint density at radius 2 is 2.28 bits per heavy atom. The molecule has 0 N–H and O–H groups in total. The van der Waals surface area contributed by atoms with Gasteiger partial charge in [0.1, 0.15) is 12.4 Å². The molecule has 2 rings (SSSR count). The number of rotatable bonds is 4. The summed E-state index contributed by atoms with van der Waals surface area (Å²) in [6, 6.07) is 9.46. The van der Waals surface area contributed by atoms with Crippen LogP contribution in [0, 0.1) is 11.3 Å². The highest BCUT2D eigenvalue weighted by atomic mass is 32.2. The topological polar surface area (TPSA) is 36.3 Å². The van der Waals surface area contributed by atoms with Gasteiger partial charge in [0.2, 0.25) is 0 Å². The van der Waals surface area contributed by atoms with E-state index < -0.39 is 0 Å². The van der Waals surface area contributed by atoms with E-state index in [1.54, 1.807) is 12.1 Å². The van der Waals surface area contributed by atoms with Gasteiger partial charge in [-0.1, -0.05) is 6.07 Å². The molecule has 1 aliphatic heterocycles. The van der Waals surface area contributed by atoms with Crippen molar-refractivity contribution in [1.29, 1.82) is 5.26 Å². The third-order valence-corrected chi connectivity index (χ3v) is 4.00. The zero-order valence-corrected chi connectivity index (χ0v) is 11.3. The lowest BCUT2D eigenvalue weighted by molar-refractivity contribution is 0.219. The summed E-state index contributed by atoms with van der Waals surface area (Å²) in [5.74, 6) is 3.30. The van der Waals surface area contributed by atoms with Gasteiger partial charge in [-0.3, -0.25) is 4.90 Å². The van der Waals surface area contributed by atoms with Gasteiger partial charge in [0.05, 0.1) is 11.6 Å². The minimum Gasteiger partial charge on any atom is -0.492 e. The van der Waals surface area contributed by atoms with Gasteiger partial charge in [0.15, 0.2) is 0 Å². The zero-order valence-electron chi connectivity index (χ0n) is 10.5. The molecule has 0 spiro atoms. The Morgan fingerprint density at radius 1 is 1.33 bits per heavy atom. The molecule has 1 heterocycles. The van der Waals surface area contributed by atoms with Crippen LogP contribution >= 0.6 is 11.8 Å². The average Bonchev–Trinajstić information content (AvgIpc) is 2.68. The van der Waals surface area contributed by atoms with Gasteiger partial charge in [-0.05, 0) is 36.9 Å². The van der Waals surface area contributed by atoms with Gasteiger partial charge in [0, 0.05) is 18.8 Å². The van der Waals surface area contributed by atoms with Gasteiger partial charge < -0.3 is 4.74 Å². The predicted molar refractivity (Wildman–Crippen MR) is 75.0 cm³/mol. The number of hydrogen-bond donors (Lipinski definition) is 0. The molecule has 3 nitrogen and oxygen atoms in total. The molecule has 0 bridgehead atoms. The van der Waals surface area contributed by atoms with E-state index in [4.69, 9.17) is 10.00 Å². The number of benzene rings is 1. The molecule has 0 atom stereocenters. The van der Waals surface area contributed by atoms with E-state index >= 15 is 0 Å². The molecule has 18 heavy (non-hydrogen) atoms. The van der Waals surface area contributed by atoms with Crippen LogP contribution in [0.25, 0.3) is 0 Å². The first kappa shape index (κ1) is 13.3. The Labute approximate surface area is 113 Å². The molecule has 4 heteroatoms. The second kappa shape index (κ2) is 7.30. The summed E-state index contributed by atoms with van der Waals surface area (Å²) >= 11 is 2.04. The van der Waals surface area contributed by atoms with Gasteiger partial charge in [-0.15, -0.1) is 0 Å². The highest BCUT2D eigenvalue weighted by Gasteiger charge is 2.08. The second-order valence-corrected chi connectivity index (χ2v) is 5.52. The molecule has 0 amide bonds. The average molecular weight is 262 g/mol. The van der Waals surface area contributed by atoms with Crippen molar-refractivity contribution in [2.45, 2.75) is 6.42 Å². The molecule has 0 aliphatic carbocycles. The van der Waals surface area contributed by atoms with Crippen LogP contribution in [0.5, 0.6) is 5.75 Å². The molecule has 1 aromatic rings. The minimum atomic E-state index is 0.652. The number of ether oxygens (including phenoxy) is 1. The summed E-state index contributed by atoms with van der Waals surface area (Å²) in [4.78, 5) is 2.45. The smallest absolute Gasteiger partial charge is 0.120 e. The molecule has 0 saturated carbocycles. The Bertz CT molecular complexity index is 409. The van der Waals surface area contributed by atoms with Crippen molar-refractivity contribution in [3.8, 4) is 11.8 Å². The van der Waals surface area contributed by atoms with Crippen LogP contribution in [0.15, 0.2) is 24.3 Å². The molecular formula is C14H18N2OS. The number of thioether (sulfide) groups is 1. The van der Waals surface area contributed by atoms with Crippen molar-refractivity contribution in [3.05, 3.63) is 29.8 Å². The van der Waals surface area contributed by atoms with Crippen LogP contribution in [0.2, 0.25) is 0 Å². The largest absolute Gasteiger partial charge is 0.492 e. The summed E-state index contributed by atoms with van der Waals surface area (Å²) in [5, 5.41) is 8.81. The van der Waals surface area contributed by atoms with Gasteiger partial charge in [0.25, 0.3) is 0 Å². The normalized spacial score (nSPS) is 16.8. The van der Waals surface area contributed by atoms with E-state index in [0.29, 0.717) is 12.2 Å². The lowest BCUT2D eigenvalue weighted by Crippen LogP contribution is -2.30. The van der Waals surface area contributed by atoms with Crippen molar-refractivity contribution in [1.82, 2.24) is 4.90 Å². The fourth-order valence-electron chi connectivity index (χ4n) is 1.97. The van der Waals surface area contributed by atoms with Crippen molar-refractivity contribution in [2.75, 3.05) is 37.7 Å². The molecule has 1 aliphatic rings. The summed E-state index contributed by atoms with van der Waals surface area (Å²) in [6.45, 7) is 4.00. The molecule has 1 aromatic carbocycles. The minimum absolute atomic E-state index is 0.652. The van der Waals surface area contributed by atoms with E-state index in [-0.39, 0.29) is 0 Å². The summed E-state index contributed by atoms with van der Waals surface area (Å²) in [6.07, 6.45) is 1.27. The SMILES string of the molecule is N#Cc1cccc(OCCN2CCCSCC2)c1. The van der Waals surface area contributed by atoms with Crippen molar-refractivity contribution in [3.63, 3.8) is 0 Å². The van der Waals surface area contributed by atoms with Gasteiger partial charge >= 0.3 is 0 Å². The van der Waals surface area contributed by atoms with E-state index in [2.05, 4.69) is 11.0 Å². The summed E-state index contributed by atoms with van der Waals surface area (Å²) < 4.78 is 5.69. The standard InChI is InChI=1S/C14H18N2OS/c15-12-13-3-1-4-14(11-13)17-8-6-16-5-2-9-18-10-7-16/h1,3-4,11H,2,5-10H2. The number of nitriles is 1. The molecule has 96 valence electrons. The number of hydrogen-bond acceptors (Lipinski definition) is 4. The van der Waals surface area contributed by atoms with Crippen LogP contribution in [0.1, 0.15) is 12.0 Å². The van der Waals surface area contributed by atoms with E-state index in [1.165, 1.54) is 24.5 Å². The lowest BCUT2D eigenvalue weighted by Gasteiger charge is -2.19. The highest BCUT2D eigenvalue weighted by molar-refractivity contribution is 7.99. The molecule has 0 unspecified atom stereocenters. The number of nitrogens with zero attached hydrogens (tertiary/aromatic N) is 2. The van der Waals surface area contributed by atoms with Crippen molar-refractivity contribution >= 4 is 11.8 Å². The van der Waals surface area contributed by atoms with Crippen LogP contribution < -0.4 is 4.74 Å². The second-order valence-electron chi connectivity index (χ2n) is 4.30. The maximum absolute atomic E-state index is 8.81. The van der Waals surface area contributed by atoms with Crippen LogP contribution in [0.3, 0.4) is 0 Å². The zero-order chi connectivity index (χ0) is 12.6. The maximum Gasteiger partial charge on any atom is 0.120 e. The fraction of sp³-hybridized carbons (Fsp3) is 0.500. The summed E-state index contributed by atoms with van der Waals surface area (Å²) in [5.41, 5.74) is 0.652. The summed E-state index contributed by atoms with van der Waals surface area (Å²) in [7, 11) is 0. The van der Waals surface area contributed by atoms with Crippen molar-refractivity contribution in [2.24, 2.45) is 0 Å². The highest BCUT2D eigenvalue weighted by Crippen LogP contribution is 2.13. The Balaban J connectivity index is 1.75. The van der Waals surface area contributed by atoms with E-state index in [9.17, 15) is 0 Å². The first-order valence-corrected chi connectivity index (χ1v) is 7.47. The molecular weight excluding hydrogens is 244 g/mol. The van der Waals surface area contributed by atoms with E-state index in [0.717, 1.165) is 18.8 Å². The Kier molecular flexibility index (Phi) is 5.37. The van der Waals surface area contributed by atoms with Crippen LogP contribution in [0.4, 0.5) is 0 Å². The molecule has 0 radical (unpaired) electrons. The Morgan fingerprint density at radius 3 is 3.17 bits per heavy atom. The molecule has 0 aromatic heterocycles. The Hall–Kier alpha value is -1.18. The van der Waals surface area contributed by atoms with Crippen molar-refractivity contribution < 1.29 is 4.74 Å². The first-order chi connectivity index (χ1) is 8.88. The third-order valence-electron chi connectivity index (χ3n) is 2.95. The predicted octanol–water partition coefficient (Wildman–Crippen LogP) is 2.38. The molecule has 1 saturated heterocycles. The van der Waals surface area contributed by atoms with Gasteiger partial charge in [-0.2, -0.15) is 17.0 Å². The quantitative estimate of drug-likeness (QED) is 0.834. The van der Waals surface area contributed by atoms with Crippen LogP contribution in [-0.4, -0.2) is 42.6 Å². The maximum atomic E-state index is 8.81. The molecule has 1 fully saturated rings. The third kappa shape index (κ3) is 4.25. The lowest BCUT2D eigenvalue weighted by atomic mass is 10.2. The fourth-order valence-corrected chi connectivity index (χ4v) is 2.89. The monoisotopic (exact) mass is 262 g/mol. The van der Waals surface area contributed by atoms with E-state index in [1.807, 2.05) is 23.9 Å². The first-order valence-electron chi connectivity index (χ1n) is 6.31. The van der Waals surface area contributed by atoms with Crippen LogP contribution in [-0.2, 0) is 0 Å². The van der Waals surface area contributed by atoms with Gasteiger partial charge in [-0.25, -0.2) is 0 Å².